The van der Waals surface area contributed by atoms with E-state index in [0.717, 1.165) is 41.2 Å². The molecule has 0 amide bonds. The number of benzene rings is 2. The maximum absolute atomic E-state index is 12.6. The summed E-state index contributed by atoms with van der Waals surface area (Å²) in [4.78, 5) is 13.7. The zero-order chi connectivity index (χ0) is 25.4. The van der Waals surface area contributed by atoms with Gasteiger partial charge in [0.2, 0.25) is 0 Å². The maximum atomic E-state index is 12.6. The van der Waals surface area contributed by atoms with Crippen molar-refractivity contribution in [3.05, 3.63) is 54.1 Å². The molecular formula is C29H39NO3S. The first-order chi connectivity index (χ1) is 15.8. The summed E-state index contributed by atoms with van der Waals surface area (Å²) in [5, 5.41) is 0. The molecule has 4 nitrogen and oxygen atoms in total. The first kappa shape index (κ1) is 27.8. The van der Waals surface area contributed by atoms with Crippen LogP contribution in [0.15, 0.2) is 53.4 Å². The average molecular weight is 482 g/mol. The predicted octanol–water partition coefficient (Wildman–Crippen LogP) is 7.62. The standard InChI is InChI=1S/C29H39NO3S/c1-27(2,3)33-26(31)29(6,7)21-28(4,5)20-10-9-11-22-12-14-23(15-13-22)32-24-16-18-25(19-17-24)34-30-8/h12-19,30H,10,20-21H2,1-8H3. The van der Waals surface area contributed by atoms with Gasteiger partial charge in [-0.1, -0.05) is 25.7 Å². The van der Waals surface area contributed by atoms with E-state index in [1.54, 1.807) is 11.9 Å². The van der Waals surface area contributed by atoms with Crippen molar-refractivity contribution in [3.8, 4) is 23.3 Å². The predicted molar refractivity (Wildman–Crippen MR) is 142 cm³/mol. The van der Waals surface area contributed by atoms with Gasteiger partial charge in [0.1, 0.15) is 17.1 Å². The van der Waals surface area contributed by atoms with Crippen molar-refractivity contribution >= 4 is 17.9 Å². The van der Waals surface area contributed by atoms with Gasteiger partial charge in [0.05, 0.1) is 5.41 Å². The molecule has 0 radical (unpaired) electrons. The highest BCUT2D eigenvalue weighted by atomic mass is 32.2. The minimum atomic E-state index is -0.536. The number of carbonyl (C=O) groups excluding carboxylic acids is 1. The second-order valence-electron chi connectivity index (χ2n) is 10.9. The number of rotatable bonds is 9. The van der Waals surface area contributed by atoms with Crippen LogP contribution in [0.25, 0.3) is 0 Å². The SMILES string of the molecule is CNSc1ccc(Oc2ccc(C#CCCC(C)(C)CC(C)(C)C(=O)OC(C)(C)C)cc2)cc1. The van der Waals surface area contributed by atoms with Crippen molar-refractivity contribution < 1.29 is 14.3 Å². The topological polar surface area (TPSA) is 47.6 Å². The van der Waals surface area contributed by atoms with E-state index in [-0.39, 0.29) is 11.4 Å². The van der Waals surface area contributed by atoms with Gasteiger partial charge in [-0.15, -0.1) is 0 Å². The maximum Gasteiger partial charge on any atom is 0.312 e. The molecule has 0 aliphatic rings. The molecule has 0 bridgehead atoms. The molecular weight excluding hydrogens is 442 g/mol. The summed E-state index contributed by atoms with van der Waals surface area (Å²) >= 11 is 1.57. The van der Waals surface area contributed by atoms with Gasteiger partial charge in [0, 0.05) is 16.9 Å². The Morgan fingerprint density at radius 1 is 0.912 bits per heavy atom. The quantitative estimate of drug-likeness (QED) is 0.227. The fourth-order valence-electron chi connectivity index (χ4n) is 3.77. The summed E-state index contributed by atoms with van der Waals surface area (Å²) in [5.74, 6) is 7.96. The fourth-order valence-corrected chi connectivity index (χ4v) is 4.28. The van der Waals surface area contributed by atoms with Crippen molar-refractivity contribution in [2.75, 3.05) is 7.05 Å². The first-order valence-electron chi connectivity index (χ1n) is 11.7. The highest BCUT2D eigenvalue weighted by Crippen LogP contribution is 2.38. The summed E-state index contributed by atoms with van der Waals surface area (Å²) in [6.07, 6.45) is 2.43. The van der Waals surface area contributed by atoms with E-state index in [9.17, 15) is 4.79 Å². The molecule has 2 aromatic carbocycles. The van der Waals surface area contributed by atoms with Crippen LogP contribution in [0.3, 0.4) is 0 Å². The Morgan fingerprint density at radius 2 is 1.47 bits per heavy atom. The van der Waals surface area contributed by atoms with Crippen LogP contribution < -0.4 is 9.46 Å². The van der Waals surface area contributed by atoms with E-state index < -0.39 is 11.0 Å². The summed E-state index contributed by atoms with van der Waals surface area (Å²) in [6, 6.07) is 15.8. The largest absolute Gasteiger partial charge is 0.460 e. The van der Waals surface area contributed by atoms with Crippen LogP contribution in [-0.2, 0) is 9.53 Å². The van der Waals surface area contributed by atoms with Crippen LogP contribution in [0.1, 0.15) is 73.3 Å². The Labute approximate surface area is 210 Å². The number of nitrogens with one attached hydrogen (secondary N) is 1. The second-order valence-corrected chi connectivity index (χ2v) is 12.0. The highest BCUT2D eigenvalue weighted by Gasteiger charge is 2.37. The fraction of sp³-hybridized carbons (Fsp3) is 0.483. The van der Waals surface area contributed by atoms with Gasteiger partial charge < -0.3 is 9.47 Å². The van der Waals surface area contributed by atoms with Gasteiger partial charge in [-0.2, -0.15) is 0 Å². The van der Waals surface area contributed by atoms with Crippen molar-refractivity contribution in [3.63, 3.8) is 0 Å². The number of ether oxygens (including phenoxy) is 2. The molecule has 0 aliphatic carbocycles. The lowest BCUT2D eigenvalue weighted by atomic mass is 9.73. The zero-order valence-electron chi connectivity index (χ0n) is 21.9. The molecule has 0 saturated carbocycles. The molecule has 1 N–H and O–H groups in total. The molecule has 5 heteroatoms. The van der Waals surface area contributed by atoms with Crippen LogP contribution in [0.4, 0.5) is 0 Å². The van der Waals surface area contributed by atoms with E-state index in [4.69, 9.17) is 9.47 Å². The van der Waals surface area contributed by atoms with Gasteiger partial charge in [-0.05, 0) is 120 Å². The molecule has 0 spiro atoms. The molecule has 0 atom stereocenters. The first-order valence-corrected chi connectivity index (χ1v) is 12.6. The normalized spacial score (nSPS) is 12.0. The third-order valence-electron chi connectivity index (χ3n) is 5.17. The van der Waals surface area contributed by atoms with Crippen molar-refractivity contribution in [2.24, 2.45) is 10.8 Å². The van der Waals surface area contributed by atoms with Crippen LogP contribution in [0.2, 0.25) is 0 Å². The summed E-state index contributed by atoms with van der Waals surface area (Å²) < 4.78 is 14.6. The summed E-state index contributed by atoms with van der Waals surface area (Å²) in [6.45, 7) is 14.0. The van der Waals surface area contributed by atoms with Crippen LogP contribution in [-0.4, -0.2) is 18.6 Å². The molecule has 0 aliphatic heterocycles. The van der Waals surface area contributed by atoms with Gasteiger partial charge >= 0.3 is 5.97 Å². The summed E-state index contributed by atoms with van der Waals surface area (Å²) in [7, 11) is 1.90. The molecule has 0 aromatic heterocycles. The minimum Gasteiger partial charge on any atom is -0.460 e. The van der Waals surface area contributed by atoms with Crippen LogP contribution in [0.5, 0.6) is 11.5 Å². The van der Waals surface area contributed by atoms with Gasteiger partial charge in [-0.3, -0.25) is 9.52 Å². The Kier molecular flexibility index (Phi) is 9.67. The second kappa shape index (κ2) is 11.8. The van der Waals surface area contributed by atoms with Gasteiger partial charge in [0.25, 0.3) is 0 Å². The third-order valence-corrected chi connectivity index (χ3v) is 5.88. The molecule has 34 heavy (non-hydrogen) atoms. The lowest BCUT2D eigenvalue weighted by Gasteiger charge is -2.35. The Balaban J connectivity index is 1.87. The Hall–Kier alpha value is -2.42. The molecule has 0 fully saturated rings. The van der Waals surface area contributed by atoms with E-state index in [1.807, 2.05) is 90.2 Å². The number of carbonyl (C=O) groups is 1. The molecule has 0 unspecified atom stereocenters. The highest BCUT2D eigenvalue weighted by molar-refractivity contribution is 7.97. The summed E-state index contributed by atoms with van der Waals surface area (Å²) in [5.41, 5.74) is -0.0686. The average Bonchev–Trinajstić information content (AvgIpc) is 2.72. The molecule has 0 saturated heterocycles. The number of hydrogen-bond acceptors (Lipinski definition) is 5. The van der Waals surface area contributed by atoms with E-state index in [0.29, 0.717) is 0 Å². The monoisotopic (exact) mass is 481 g/mol. The zero-order valence-corrected chi connectivity index (χ0v) is 22.7. The van der Waals surface area contributed by atoms with E-state index in [1.165, 1.54) is 0 Å². The van der Waals surface area contributed by atoms with Crippen molar-refractivity contribution in [1.29, 1.82) is 0 Å². The van der Waals surface area contributed by atoms with E-state index >= 15 is 0 Å². The van der Waals surface area contributed by atoms with Gasteiger partial charge in [-0.25, -0.2) is 0 Å². The van der Waals surface area contributed by atoms with Crippen LogP contribution >= 0.6 is 11.9 Å². The lowest BCUT2D eigenvalue weighted by molar-refractivity contribution is -0.167. The Morgan fingerprint density at radius 3 is 2.00 bits per heavy atom. The third kappa shape index (κ3) is 9.83. The number of hydrogen-bond donors (Lipinski definition) is 1. The van der Waals surface area contributed by atoms with Crippen molar-refractivity contribution in [1.82, 2.24) is 4.72 Å². The van der Waals surface area contributed by atoms with Crippen molar-refractivity contribution in [2.45, 2.75) is 78.2 Å². The minimum absolute atomic E-state index is 0.0198. The van der Waals surface area contributed by atoms with E-state index in [2.05, 4.69) is 30.4 Å². The molecule has 184 valence electrons. The van der Waals surface area contributed by atoms with Crippen LogP contribution in [0, 0.1) is 22.7 Å². The molecule has 2 aromatic rings. The van der Waals surface area contributed by atoms with Gasteiger partial charge in [0.15, 0.2) is 0 Å². The molecule has 2 rings (SSSR count). The smallest absolute Gasteiger partial charge is 0.312 e. The lowest BCUT2D eigenvalue weighted by Crippen LogP contribution is -2.36. The number of esters is 1. The Bertz CT molecular complexity index is 991. The molecule has 0 heterocycles.